The maximum atomic E-state index is 12.1. The molecule has 1 aromatic rings. The van der Waals surface area contributed by atoms with Crippen LogP contribution in [0.15, 0.2) is 18.3 Å². The Morgan fingerprint density at radius 1 is 1.14 bits per heavy atom. The van der Waals surface area contributed by atoms with Crippen LogP contribution in [0.1, 0.15) is 44.1 Å². The van der Waals surface area contributed by atoms with E-state index in [1.807, 2.05) is 12.1 Å². The van der Waals surface area contributed by atoms with Gasteiger partial charge in [0, 0.05) is 44.8 Å². The third kappa shape index (κ3) is 4.36. The summed E-state index contributed by atoms with van der Waals surface area (Å²) < 4.78 is 0. The average Bonchev–Trinajstić information content (AvgIpc) is 2.71. The zero-order valence-electron chi connectivity index (χ0n) is 16.7. The first-order valence-electron chi connectivity index (χ1n) is 10.6. The molecule has 0 bridgehead atoms. The Bertz CT molecular complexity index is 701. The number of rotatable bonds is 4. The van der Waals surface area contributed by atoms with Crippen LogP contribution in [0.2, 0.25) is 0 Å². The van der Waals surface area contributed by atoms with Gasteiger partial charge in [-0.3, -0.25) is 19.8 Å². The number of piperazine rings is 1. The number of hydrogen-bond acceptors (Lipinski definition) is 6. The van der Waals surface area contributed by atoms with Crippen LogP contribution in [0, 0.1) is 5.92 Å². The number of amides is 2. The molecule has 4 heterocycles. The van der Waals surface area contributed by atoms with Crippen molar-refractivity contribution >= 4 is 17.6 Å². The monoisotopic (exact) mass is 385 g/mol. The van der Waals surface area contributed by atoms with Crippen molar-refractivity contribution in [3.05, 3.63) is 23.9 Å². The lowest BCUT2D eigenvalue weighted by Gasteiger charge is -2.42. The molecule has 2 N–H and O–H groups in total. The summed E-state index contributed by atoms with van der Waals surface area (Å²) in [5, 5.41) is 5.87. The first kappa shape index (κ1) is 19.3. The van der Waals surface area contributed by atoms with E-state index >= 15 is 0 Å². The van der Waals surface area contributed by atoms with E-state index in [0.717, 1.165) is 50.0 Å². The fourth-order valence-corrected chi connectivity index (χ4v) is 4.67. The van der Waals surface area contributed by atoms with E-state index in [4.69, 9.17) is 0 Å². The van der Waals surface area contributed by atoms with Crippen LogP contribution in [0.25, 0.3) is 0 Å². The number of piperidine rings is 2. The van der Waals surface area contributed by atoms with Gasteiger partial charge in [0.2, 0.25) is 11.8 Å². The lowest BCUT2D eigenvalue weighted by molar-refractivity contribution is -0.134. The first-order chi connectivity index (χ1) is 13.6. The summed E-state index contributed by atoms with van der Waals surface area (Å²) in [6.45, 7) is 8.87. The van der Waals surface area contributed by atoms with Crippen molar-refractivity contribution in [2.75, 3.05) is 44.2 Å². The highest BCUT2D eigenvalue weighted by atomic mass is 16.2. The summed E-state index contributed by atoms with van der Waals surface area (Å²) in [7, 11) is 0. The molecule has 0 saturated carbocycles. The highest BCUT2D eigenvalue weighted by Crippen LogP contribution is 2.26. The Kier molecular flexibility index (Phi) is 5.92. The van der Waals surface area contributed by atoms with E-state index in [0.29, 0.717) is 18.9 Å². The number of hydrogen-bond donors (Lipinski definition) is 2. The highest BCUT2D eigenvalue weighted by Gasteiger charge is 2.29. The highest BCUT2D eigenvalue weighted by molar-refractivity contribution is 6.00. The standard InChI is InChI=1S/C21H31N5O2/c1-15-13-26(11-10-25(15)14-16-6-8-22-9-7-16)19-4-2-17(12-23-19)18-3-5-20(27)24-21(18)28/h2,4,12,15-16,18,22H,3,5-11,13-14H2,1H3,(H,24,27,28). The molecule has 4 rings (SSSR count). The van der Waals surface area contributed by atoms with Crippen LogP contribution in [0.4, 0.5) is 5.82 Å². The lowest BCUT2D eigenvalue weighted by Crippen LogP contribution is -2.53. The molecule has 3 aliphatic rings. The van der Waals surface area contributed by atoms with Crippen molar-refractivity contribution in [2.24, 2.45) is 5.92 Å². The molecule has 3 aliphatic heterocycles. The summed E-state index contributed by atoms with van der Waals surface area (Å²) >= 11 is 0. The van der Waals surface area contributed by atoms with Crippen molar-refractivity contribution in [2.45, 2.75) is 44.6 Å². The largest absolute Gasteiger partial charge is 0.354 e. The van der Waals surface area contributed by atoms with Gasteiger partial charge in [-0.05, 0) is 56.8 Å². The molecule has 0 radical (unpaired) electrons. The summed E-state index contributed by atoms with van der Waals surface area (Å²) in [6.07, 6.45) is 5.35. The van der Waals surface area contributed by atoms with Gasteiger partial charge in [-0.1, -0.05) is 6.07 Å². The predicted octanol–water partition coefficient (Wildman–Crippen LogP) is 1.11. The third-order valence-corrected chi connectivity index (χ3v) is 6.45. The molecule has 28 heavy (non-hydrogen) atoms. The Hall–Kier alpha value is -1.99. The third-order valence-electron chi connectivity index (χ3n) is 6.45. The molecule has 7 heteroatoms. The fraction of sp³-hybridized carbons (Fsp3) is 0.667. The van der Waals surface area contributed by atoms with Crippen LogP contribution < -0.4 is 15.5 Å². The molecule has 0 aromatic carbocycles. The van der Waals surface area contributed by atoms with Crippen molar-refractivity contribution < 1.29 is 9.59 Å². The van der Waals surface area contributed by atoms with Gasteiger partial charge in [-0.2, -0.15) is 0 Å². The van der Waals surface area contributed by atoms with E-state index in [9.17, 15) is 9.59 Å². The van der Waals surface area contributed by atoms with Crippen LogP contribution in [-0.4, -0.2) is 67.0 Å². The maximum Gasteiger partial charge on any atom is 0.234 e. The zero-order valence-corrected chi connectivity index (χ0v) is 16.7. The number of carbonyl (C=O) groups is 2. The normalized spacial score (nSPS) is 27.7. The average molecular weight is 386 g/mol. The smallest absolute Gasteiger partial charge is 0.234 e. The van der Waals surface area contributed by atoms with Gasteiger partial charge < -0.3 is 10.2 Å². The van der Waals surface area contributed by atoms with Gasteiger partial charge in [0.15, 0.2) is 0 Å². The fourth-order valence-electron chi connectivity index (χ4n) is 4.67. The second kappa shape index (κ2) is 8.57. The van der Waals surface area contributed by atoms with E-state index in [2.05, 4.69) is 32.3 Å². The molecule has 0 aliphatic carbocycles. The van der Waals surface area contributed by atoms with Gasteiger partial charge in [0.25, 0.3) is 0 Å². The molecule has 0 spiro atoms. The van der Waals surface area contributed by atoms with Crippen molar-refractivity contribution in [1.82, 2.24) is 20.5 Å². The number of nitrogens with zero attached hydrogens (tertiary/aromatic N) is 3. The number of nitrogens with one attached hydrogen (secondary N) is 2. The van der Waals surface area contributed by atoms with Crippen LogP contribution >= 0.6 is 0 Å². The predicted molar refractivity (Wildman–Crippen MR) is 108 cm³/mol. The molecular weight excluding hydrogens is 354 g/mol. The van der Waals surface area contributed by atoms with Gasteiger partial charge in [0.1, 0.15) is 5.82 Å². The van der Waals surface area contributed by atoms with Gasteiger partial charge in [-0.25, -0.2) is 4.98 Å². The Balaban J connectivity index is 1.34. The van der Waals surface area contributed by atoms with E-state index in [1.165, 1.54) is 19.4 Å². The molecule has 3 saturated heterocycles. The number of carbonyl (C=O) groups excluding carboxylic acids is 2. The number of aromatic nitrogens is 1. The maximum absolute atomic E-state index is 12.1. The first-order valence-corrected chi connectivity index (χ1v) is 10.6. The van der Waals surface area contributed by atoms with E-state index in [1.54, 1.807) is 6.20 Å². The van der Waals surface area contributed by atoms with Gasteiger partial charge >= 0.3 is 0 Å². The van der Waals surface area contributed by atoms with E-state index in [-0.39, 0.29) is 17.7 Å². The van der Waals surface area contributed by atoms with Crippen molar-refractivity contribution in [1.29, 1.82) is 0 Å². The summed E-state index contributed by atoms with van der Waals surface area (Å²) in [4.78, 5) is 33.0. The molecule has 2 amide bonds. The summed E-state index contributed by atoms with van der Waals surface area (Å²) in [6, 6.07) is 4.53. The second-order valence-electron chi connectivity index (χ2n) is 8.44. The zero-order chi connectivity index (χ0) is 19.5. The second-order valence-corrected chi connectivity index (χ2v) is 8.44. The van der Waals surface area contributed by atoms with Crippen molar-refractivity contribution in [3.8, 4) is 0 Å². The quantitative estimate of drug-likeness (QED) is 0.756. The Morgan fingerprint density at radius 3 is 2.64 bits per heavy atom. The Labute approximate surface area is 166 Å². The molecule has 1 aromatic heterocycles. The molecule has 7 nitrogen and oxygen atoms in total. The molecular formula is C21H31N5O2. The molecule has 2 unspecified atom stereocenters. The van der Waals surface area contributed by atoms with E-state index < -0.39 is 0 Å². The number of pyridine rings is 1. The van der Waals surface area contributed by atoms with Crippen molar-refractivity contribution in [3.63, 3.8) is 0 Å². The summed E-state index contributed by atoms with van der Waals surface area (Å²) in [5.74, 6) is 1.15. The molecule has 2 atom stereocenters. The molecule has 3 fully saturated rings. The number of imide groups is 1. The minimum absolute atomic E-state index is 0.179. The number of anilines is 1. The van der Waals surface area contributed by atoms with Gasteiger partial charge in [-0.15, -0.1) is 0 Å². The topological polar surface area (TPSA) is 77.6 Å². The van der Waals surface area contributed by atoms with Crippen LogP contribution in [0.3, 0.4) is 0 Å². The van der Waals surface area contributed by atoms with Gasteiger partial charge in [0.05, 0.1) is 5.92 Å². The minimum atomic E-state index is -0.264. The Morgan fingerprint density at radius 2 is 1.96 bits per heavy atom. The van der Waals surface area contributed by atoms with Crippen LogP contribution in [-0.2, 0) is 9.59 Å². The SMILES string of the molecule is CC1CN(c2ccc(C3CCC(=O)NC3=O)cn2)CCN1CC1CCNCC1. The van der Waals surface area contributed by atoms with Crippen LogP contribution in [0.5, 0.6) is 0 Å². The molecule has 152 valence electrons. The minimum Gasteiger partial charge on any atom is -0.354 e. The lowest BCUT2D eigenvalue weighted by atomic mass is 9.92. The summed E-state index contributed by atoms with van der Waals surface area (Å²) in [5.41, 5.74) is 0.895.